The molecule has 0 aliphatic rings. The summed E-state index contributed by atoms with van der Waals surface area (Å²) in [5, 5.41) is 3.88. The highest BCUT2D eigenvalue weighted by Gasteiger charge is 2.31. The van der Waals surface area contributed by atoms with Gasteiger partial charge in [-0.05, 0) is 35.9 Å². The summed E-state index contributed by atoms with van der Waals surface area (Å²) in [6.07, 6.45) is -4.39. The molecule has 0 bridgehead atoms. The van der Waals surface area contributed by atoms with Gasteiger partial charge in [0.15, 0.2) is 0 Å². The van der Waals surface area contributed by atoms with E-state index >= 15 is 0 Å². The van der Waals surface area contributed by atoms with Gasteiger partial charge in [-0.2, -0.15) is 13.2 Å². The van der Waals surface area contributed by atoms with Crippen molar-refractivity contribution in [2.75, 3.05) is 5.32 Å². The summed E-state index contributed by atoms with van der Waals surface area (Å²) in [7, 11) is 0. The molecule has 0 radical (unpaired) electrons. The number of anilines is 1. The number of rotatable bonds is 3. The van der Waals surface area contributed by atoms with E-state index in [-0.39, 0.29) is 0 Å². The van der Waals surface area contributed by atoms with Gasteiger partial charge in [-0.25, -0.2) is 0 Å². The average molecular weight is 399 g/mol. The van der Waals surface area contributed by atoms with Crippen LogP contribution in [0.5, 0.6) is 0 Å². The van der Waals surface area contributed by atoms with Crippen LogP contribution in [0.15, 0.2) is 40.9 Å². The molecule has 1 N–H and O–H groups in total. The first-order valence-electron chi connectivity index (χ1n) is 5.81. The standard InChI is InChI=1S/C14H9BrCl2F3N/c15-10-3-9(14(18,19)20)4-12(5-10)21-7-8-1-2-11(16)6-13(8)17/h1-6,21H,7H2. The van der Waals surface area contributed by atoms with E-state index in [1.165, 1.54) is 0 Å². The van der Waals surface area contributed by atoms with Crippen LogP contribution >= 0.6 is 39.1 Å². The second-order valence-electron chi connectivity index (χ2n) is 4.32. The molecule has 21 heavy (non-hydrogen) atoms. The fourth-order valence-electron chi connectivity index (χ4n) is 1.72. The molecule has 0 saturated carbocycles. The van der Waals surface area contributed by atoms with Gasteiger partial charge >= 0.3 is 6.18 Å². The molecule has 7 heteroatoms. The summed E-state index contributed by atoms with van der Waals surface area (Å²) in [5.74, 6) is 0. The number of nitrogens with one attached hydrogen (secondary N) is 1. The first-order chi connectivity index (χ1) is 9.75. The molecule has 0 fully saturated rings. The second kappa shape index (κ2) is 6.46. The monoisotopic (exact) mass is 397 g/mol. The summed E-state index contributed by atoms with van der Waals surface area (Å²) in [6, 6.07) is 8.63. The Morgan fingerprint density at radius 3 is 2.38 bits per heavy atom. The van der Waals surface area contributed by atoms with Crippen molar-refractivity contribution in [2.45, 2.75) is 12.7 Å². The van der Waals surface area contributed by atoms with Crippen molar-refractivity contribution in [3.05, 3.63) is 62.0 Å². The van der Waals surface area contributed by atoms with Crippen LogP contribution in [0.1, 0.15) is 11.1 Å². The normalized spacial score (nSPS) is 11.5. The Balaban J connectivity index is 2.18. The van der Waals surface area contributed by atoms with Crippen molar-refractivity contribution in [1.82, 2.24) is 0 Å². The second-order valence-corrected chi connectivity index (χ2v) is 6.07. The lowest BCUT2D eigenvalue weighted by Crippen LogP contribution is -2.07. The molecule has 1 nitrogen and oxygen atoms in total. The third-order valence-electron chi connectivity index (χ3n) is 2.72. The predicted octanol–water partition coefficient (Wildman–Crippen LogP) is 6.39. The lowest BCUT2D eigenvalue weighted by molar-refractivity contribution is -0.137. The van der Waals surface area contributed by atoms with Gasteiger partial charge in [0, 0.05) is 26.8 Å². The van der Waals surface area contributed by atoms with Gasteiger partial charge in [0.1, 0.15) is 0 Å². The van der Waals surface area contributed by atoms with E-state index in [1.807, 2.05) is 0 Å². The molecule has 0 aromatic heterocycles. The lowest BCUT2D eigenvalue weighted by atomic mass is 10.1. The van der Waals surface area contributed by atoms with Crippen LogP contribution in [0, 0.1) is 0 Å². The topological polar surface area (TPSA) is 12.0 Å². The van der Waals surface area contributed by atoms with Gasteiger partial charge in [0.05, 0.1) is 5.56 Å². The van der Waals surface area contributed by atoms with Gasteiger partial charge in [-0.1, -0.05) is 45.2 Å². The molecule has 0 heterocycles. The van der Waals surface area contributed by atoms with E-state index in [0.29, 0.717) is 26.8 Å². The minimum atomic E-state index is -4.39. The van der Waals surface area contributed by atoms with Gasteiger partial charge in [0.25, 0.3) is 0 Å². The van der Waals surface area contributed by atoms with Crippen LogP contribution in [0.4, 0.5) is 18.9 Å². The van der Waals surface area contributed by atoms with E-state index in [2.05, 4.69) is 21.2 Å². The maximum Gasteiger partial charge on any atom is 0.416 e. The first-order valence-corrected chi connectivity index (χ1v) is 7.36. The highest BCUT2D eigenvalue weighted by atomic mass is 79.9. The largest absolute Gasteiger partial charge is 0.416 e. The van der Waals surface area contributed by atoms with Crippen molar-refractivity contribution < 1.29 is 13.2 Å². The number of alkyl halides is 3. The molecule has 2 aromatic rings. The third-order valence-corrected chi connectivity index (χ3v) is 3.77. The third kappa shape index (κ3) is 4.53. The molecule has 0 aliphatic carbocycles. The van der Waals surface area contributed by atoms with E-state index in [1.54, 1.807) is 24.3 Å². The zero-order valence-electron chi connectivity index (χ0n) is 10.4. The highest BCUT2D eigenvalue weighted by molar-refractivity contribution is 9.10. The van der Waals surface area contributed by atoms with Crippen LogP contribution in [0.25, 0.3) is 0 Å². The van der Waals surface area contributed by atoms with Crippen molar-refractivity contribution in [3.63, 3.8) is 0 Å². The Hall–Kier alpha value is -0.910. The van der Waals surface area contributed by atoms with Gasteiger partial charge < -0.3 is 5.32 Å². The first kappa shape index (κ1) is 16.5. The molecule has 0 aliphatic heterocycles. The Kier molecular flexibility index (Phi) is 5.07. The van der Waals surface area contributed by atoms with E-state index in [9.17, 15) is 13.2 Å². The summed E-state index contributed by atoms with van der Waals surface area (Å²) in [5.41, 5.74) is 0.374. The molecule has 2 aromatic carbocycles. The zero-order valence-corrected chi connectivity index (χ0v) is 13.5. The minimum Gasteiger partial charge on any atom is -0.381 e. The van der Waals surface area contributed by atoms with Gasteiger partial charge in [-0.15, -0.1) is 0 Å². The van der Waals surface area contributed by atoms with Crippen LogP contribution in [0.3, 0.4) is 0 Å². The summed E-state index contributed by atoms with van der Waals surface area (Å²) >= 11 is 14.9. The molecular formula is C14H9BrCl2F3N. The molecule has 112 valence electrons. The molecular weight excluding hydrogens is 390 g/mol. The number of benzene rings is 2. The SMILES string of the molecule is FC(F)(F)c1cc(Br)cc(NCc2ccc(Cl)cc2Cl)c1. The zero-order chi connectivity index (χ0) is 15.6. The van der Waals surface area contributed by atoms with Crippen molar-refractivity contribution >= 4 is 44.8 Å². The van der Waals surface area contributed by atoms with Crippen molar-refractivity contribution in [2.24, 2.45) is 0 Å². The fourth-order valence-corrected chi connectivity index (χ4v) is 2.69. The van der Waals surface area contributed by atoms with Crippen LogP contribution in [-0.2, 0) is 12.7 Å². The van der Waals surface area contributed by atoms with Crippen molar-refractivity contribution in [3.8, 4) is 0 Å². The van der Waals surface area contributed by atoms with Crippen LogP contribution < -0.4 is 5.32 Å². The van der Waals surface area contributed by atoms with Gasteiger partial charge in [-0.3, -0.25) is 0 Å². The predicted molar refractivity (Wildman–Crippen MR) is 82.9 cm³/mol. The smallest absolute Gasteiger partial charge is 0.381 e. The molecule has 0 unspecified atom stereocenters. The van der Waals surface area contributed by atoms with Gasteiger partial charge in [0.2, 0.25) is 0 Å². The Labute approximate surface area is 138 Å². The molecule has 2 rings (SSSR count). The highest BCUT2D eigenvalue weighted by Crippen LogP contribution is 2.33. The molecule has 0 spiro atoms. The average Bonchev–Trinajstić information content (AvgIpc) is 2.36. The number of halogens is 6. The number of hydrogen-bond acceptors (Lipinski definition) is 1. The molecule has 0 amide bonds. The van der Waals surface area contributed by atoms with E-state index in [0.717, 1.165) is 17.7 Å². The Morgan fingerprint density at radius 2 is 1.76 bits per heavy atom. The Bertz CT molecular complexity index is 659. The fraction of sp³-hybridized carbons (Fsp3) is 0.143. The van der Waals surface area contributed by atoms with Crippen molar-refractivity contribution in [1.29, 1.82) is 0 Å². The number of hydrogen-bond donors (Lipinski definition) is 1. The molecule has 0 atom stereocenters. The summed E-state index contributed by atoms with van der Waals surface area (Å²) < 4.78 is 38.6. The molecule has 0 saturated heterocycles. The maximum absolute atomic E-state index is 12.7. The maximum atomic E-state index is 12.7. The van der Waals surface area contributed by atoms with Crippen LogP contribution in [0.2, 0.25) is 10.0 Å². The van der Waals surface area contributed by atoms with E-state index in [4.69, 9.17) is 23.2 Å². The van der Waals surface area contributed by atoms with E-state index < -0.39 is 11.7 Å². The Morgan fingerprint density at radius 1 is 1.05 bits per heavy atom. The summed E-state index contributed by atoms with van der Waals surface area (Å²) in [4.78, 5) is 0. The lowest BCUT2D eigenvalue weighted by Gasteiger charge is -2.12. The summed E-state index contributed by atoms with van der Waals surface area (Å²) in [6.45, 7) is 0.295. The minimum absolute atomic E-state index is 0.295. The van der Waals surface area contributed by atoms with Crippen LogP contribution in [-0.4, -0.2) is 0 Å². The quantitative estimate of drug-likeness (QED) is 0.631.